The molecule has 0 fully saturated rings. The summed E-state index contributed by atoms with van der Waals surface area (Å²) in [6.45, 7) is 0. The maximum atomic E-state index is 13.4. The Balaban J connectivity index is 2.60. The van der Waals surface area contributed by atoms with Crippen molar-refractivity contribution >= 4 is 11.7 Å². The van der Waals surface area contributed by atoms with Gasteiger partial charge in [-0.3, -0.25) is 14.9 Å². The second-order valence-electron chi connectivity index (χ2n) is 3.46. The Morgan fingerprint density at radius 1 is 1.53 bits per heavy atom. The molecule has 92 valence electrons. The number of benzene rings is 1. The molecular formula is C11H12FNO4. The number of carbonyl (C=O) groups is 1. The van der Waals surface area contributed by atoms with Gasteiger partial charge in [-0.1, -0.05) is 0 Å². The zero-order valence-electron chi connectivity index (χ0n) is 9.31. The highest BCUT2D eigenvalue weighted by Crippen LogP contribution is 2.18. The largest absolute Gasteiger partial charge is 0.469 e. The zero-order valence-corrected chi connectivity index (χ0v) is 9.31. The van der Waals surface area contributed by atoms with Crippen molar-refractivity contribution in [3.05, 3.63) is 39.7 Å². The summed E-state index contributed by atoms with van der Waals surface area (Å²) in [5.74, 6) is -0.976. The van der Waals surface area contributed by atoms with E-state index in [0.29, 0.717) is 18.4 Å². The Morgan fingerprint density at radius 2 is 2.24 bits per heavy atom. The van der Waals surface area contributed by atoms with Gasteiger partial charge in [-0.2, -0.15) is 0 Å². The van der Waals surface area contributed by atoms with E-state index in [1.54, 1.807) is 0 Å². The van der Waals surface area contributed by atoms with E-state index in [1.165, 1.54) is 19.2 Å². The molecule has 17 heavy (non-hydrogen) atoms. The first-order chi connectivity index (χ1) is 8.04. The van der Waals surface area contributed by atoms with E-state index in [0.717, 1.165) is 6.07 Å². The molecular weight excluding hydrogens is 229 g/mol. The Labute approximate surface area is 97.3 Å². The summed E-state index contributed by atoms with van der Waals surface area (Å²) in [4.78, 5) is 20.6. The van der Waals surface area contributed by atoms with E-state index in [1.807, 2.05) is 0 Å². The Hall–Kier alpha value is -1.98. The van der Waals surface area contributed by atoms with Crippen LogP contribution in [0, 0.1) is 15.9 Å². The van der Waals surface area contributed by atoms with E-state index in [4.69, 9.17) is 0 Å². The highest BCUT2D eigenvalue weighted by atomic mass is 19.1. The van der Waals surface area contributed by atoms with Gasteiger partial charge in [-0.15, -0.1) is 0 Å². The predicted molar refractivity (Wildman–Crippen MR) is 58.0 cm³/mol. The normalized spacial score (nSPS) is 10.0. The topological polar surface area (TPSA) is 69.4 Å². The molecule has 6 heteroatoms. The second-order valence-corrected chi connectivity index (χ2v) is 3.46. The fraction of sp³-hybridized carbons (Fsp3) is 0.364. The van der Waals surface area contributed by atoms with Crippen molar-refractivity contribution < 1.29 is 18.8 Å². The number of nitro benzene ring substituents is 1. The molecule has 0 bridgehead atoms. The van der Waals surface area contributed by atoms with Crippen LogP contribution < -0.4 is 0 Å². The van der Waals surface area contributed by atoms with Crippen LogP contribution >= 0.6 is 0 Å². The summed E-state index contributed by atoms with van der Waals surface area (Å²) in [6.07, 6.45) is 0.993. The Kier molecular flexibility index (Phi) is 4.56. The third-order valence-corrected chi connectivity index (χ3v) is 2.30. The molecule has 0 N–H and O–H groups in total. The van der Waals surface area contributed by atoms with Gasteiger partial charge in [0.05, 0.1) is 18.1 Å². The lowest BCUT2D eigenvalue weighted by molar-refractivity contribution is -0.385. The fourth-order valence-corrected chi connectivity index (χ4v) is 1.38. The van der Waals surface area contributed by atoms with Gasteiger partial charge in [0.2, 0.25) is 0 Å². The third kappa shape index (κ3) is 3.82. The maximum Gasteiger partial charge on any atom is 0.305 e. The van der Waals surface area contributed by atoms with Crippen molar-refractivity contribution in [2.45, 2.75) is 19.3 Å². The van der Waals surface area contributed by atoms with E-state index in [-0.39, 0.29) is 18.1 Å². The molecule has 0 aromatic heterocycles. The monoisotopic (exact) mass is 241 g/mol. The molecule has 0 aliphatic carbocycles. The number of hydrogen-bond donors (Lipinski definition) is 0. The minimum atomic E-state index is -0.651. The molecule has 1 aromatic carbocycles. The van der Waals surface area contributed by atoms with Gasteiger partial charge in [0.25, 0.3) is 5.69 Å². The van der Waals surface area contributed by atoms with Crippen molar-refractivity contribution in [2.24, 2.45) is 0 Å². The van der Waals surface area contributed by atoms with E-state index in [9.17, 15) is 19.3 Å². The fourth-order valence-electron chi connectivity index (χ4n) is 1.38. The first kappa shape index (κ1) is 13.1. The van der Waals surface area contributed by atoms with Crippen LogP contribution in [0.15, 0.2) is 18.2 Å². The van der Waals surface area contributed by atoms with Gasteiger partial charge in [0, 0.05) is 12.5 Å². The molecule has 0 spiro atoms. The highest BCUT2D eigenvalue weighted by molar-refractivity contribution is 5.69. The number of rotatable bonds is 5. The minimum Gasteiger partial charge on any atom is -0.469 e. The molecule has 0 aliphatic heterocycles. The standard InChI is InChI=1S/C11H12FNO4/c1-17-11(14)4-2-3-8-5-6-9(13(15)16)7-10(8)12/h5-7H,2-4H2,1H3. The summed E-state index contributed by atoms with van der Waals surface area (Å²) < 4.78 is 17.8. The van der Waals surface area contributed by atoms with Gasteiger partial charge in [0.15, 0.2) is 0 Å². The van der Waals surface area contributed by atoms with Crippen LogP contribution in [0.3, 0.4) is 0 Å². The van der Waals surface area contributed by atoms with E-state index >= 15 is 0 Å². The number of esters is 1. The zero-order chi connectivity index (χ0) is 12.8. The van der Waals surface area contributed by atoms with Gasteiger partial charge in [0.1, 0.15) is 5.82 Å². The van der Waals surface area contributed by atoms with Crippen molar-refractivity contribution in [1.82, 2.24) is 0 Å². The summed E-state index contributed by atoms with van der Waals surface area (Å²) in [6, 6.07) is 3.49. The van der Waals surface area contributed by atoms with E-state index < -0.39 is 10.7 Å². The molecule has 1 rings (SSSR count). The summed E-state index contributed by atoms with van der Waals surface area (Å²) in [5, 5.41) is 10.4. The van der Waals surface area contributed by atoms with Crippen LogP contribution in [0.25, 0.3) is 0 Å². The van der Waals surface area contributed by atoms with Gasteiger partial charge in [-0.05, 0) is 24.5 Å². The van der Waals surface area contributed by atoms with Gasteiger partial charge in [-0.25, -0.2) is 4.39 Å². The van der Waals surface area contributed by atoms with Crippen LogP contribution in [0.5, 0.6) is 0 Å². The van der Waals surface area contributed by atoms with Crippen LogP contribution in [-0.4, -0.2) is 18.0 Å². The van der Waals surface area contributed by atoms with E-state index in [2.05, 4.69) is 4.74 Å². The molecule has 0 aliphatic rings. The number of hydrogen-bond acceptors (Lipinski definition) is 4. The number of non-ortho nitro benzene ring substituents is 1. The quantitative estimate of drug-likeness (QED) is 0.450. The first-order valence-corrected chi connectivity index (χ1v) is 5.04. The lowest BCUT2D eigenvalue weighted by atomic mass is 10.1. The number of ether oxygens (including phenoxy) is 1. The van der Waals surface area contributed by atoms with Crippen LogP contribution in [0.2, 0.25) is 0 Å². The number of nitrogens with zero attached hydrogens (tertiary/aromatic N) is 1. The molecule has 0 unspecified atom stereocenters. The summed E-state index contributed by atoms with van der Waals surface area (Å²) in [7, 11) is 1.29. The minimum absolute atomic E-state index is 0.201. The molecule has 0 amide bonds. The molecule has 0 radical (unpaired) electrons. The average molecular weight is 241 g/mol. The van der Waals surface area contributed by atoms with Crippen LogP contribution in [-0.2, 0) is 16.0 Å². The predicted octanol–water partition coefficient (Wildman–Crippen LogP) is 2.23. The average Bonchev–Trinajstić information content (AvgIpc) is 2.30. The second kappa shape index (κ2) is 5.93. The van der Waals surface area contributed by atoms with Crippen molar-refractivity contribution in [2.75, 3.05) is 7.11 Å². The Bertz CT molecular complexity index is 433. The third-order valence-electron chi connectivity index (χ3n) is 2.30. The maximum absolute atomic E-state index is 13.4. The van der Waals surface area contributed by atoms with Crippen molar-refractivity contribution in [3.8, 4) is 0 Å². The SMILES string of the molecule is COC(=O)CCCc1ccc([N+](=O)[O-])cc1F. The Morgan fingerprint density at radius 3 is 2.76 bits per heavy atom. The number of carbonyl (C=O) groups excluding carboxylic acids is 1. The summed E-state index contributed by atoms with van der Waals surface area (Å²) >= 11 is 0. The first-order valence-electron chi connectivity index (χ1n) is 5.04. The smallest absolute Gasteiger partial charge is 0.305 e. The lowest BCUT2D eigenvalue weighted by Gasteiger charge is -2.02. The molecule has 0 atom stereocenters. The lowest BCUT2D eigenvalue weighted by Crippen LogP contribution is -2.01. The van der Waals surface area contributed by atoms with Crippen LogP contribution in [0.4, 0.5) is 10.1 Å². The molecule has 0 heterocycles. The molecule has 5 nitrogen and oxygen atoms in total. The van der Waals surface area contributed by atoms with Gasteiger partial charge >= 0.3 is 5.97 Å². The van der Waals surface area contributed by atoms with Crippen LogP contribution in [0.1, 0.15) is 18.4 Å². The molecule has 0 saturated heterocycles. The van der Waals surface area contributed by atoms with Crippen molar-refractivity contribution in [1.29, 1.82) is 0 Å². The number of methoxy groups -OCH3 is 1. The van der Waals surface area contributed by atoms with Gasteiger partial charge < -0.3 is 4.74 Å². The number of nitro groups is 1. The summed E-state index contributed by atoms with van der Waals surface area (Å²) in [5.41, 5.74) is 0.0821. The molecule has 0 saturated carbocycles. The number of aryl methyl sites for hydroxylation is 1. The van der Waals surface area contributed by atoms with Crippen molar-refractivity contribution in [3.63, 3.8) is 0 Å². The molecule has 1 aromatic rings. The highest BCUT2D eigenvalue weighted by Gasteiger charge is 2.10. The number of halogens is 1.